The molecule has 2 saturated carbocycles. The van der Waals surface area contributed by atoms with Crippen LogP contribution >= 0.6 is 11.6 Å². The number of nitriles is 1. The highest BCUT2D eigenvalue weighted by atomic mass is 35.5. The first-order chi connectivity index (χ1) is 14.3. The van der Waals surface area contributed by atoms with E-state index in [1.807, 2.05) is 6.20 Å². The topological polar surface area (TPSA) is 82.0 Å². The molecule has 7 heteroatoms. The van der Waals surface area contributed by atoms with Crippen LogP contribution in [0.15, 0.2) is 12.4 Å². The van der Waals surface area contributed by atoms with Crippen LogP contribution < -0.4 is 4.74 Å². The van der Waals surface area contributed by atoms with E-state index < -0.39 is 0 Å². The number of halogens is 1. The highest BCUT2D eigenvalue weighted by Gasteiger charge is 2.60. The Morgan fingerprint density at radius 3 is 2.77 bits per heavy atom. The molecular formula is C23H27ClN4O2. The van der Waals surface area contributed by atoms with Gasteiger partial charge < -0.3 is 14.6 Å². The Labute approximate surface area is 181 Å². The first-order valence-electron chi connectivity index (χ1n) is 10.7. The number of aromatic amines is 1. The van der Waals surface area contributed by atoms with Gasteiger partial charge >= 0.3 is 0 Å². The lowest BCUT2D eigenvalue weighted by Crippen LogP contribution is -2.65. The van der Waals surface area contributed by atoms with Crippen LogP contribution in [-0.2, 0) is 4.79 Å². The number of piperidine rings is 2. The summed E-state index contributed by atoms with van der Waals surface area (Å²) in [7, 11) is 1.57. The standard InChI is InChI=1S/C23H27ClN4O2/c1-13(16-9-26-21-19(16)20(24)17(30-3)10-27-21)4-18(29)28-14-5-22(2)6-15(28)8-23(7-14,11-22)12-25/h9-10,13-15H,4-8,11H2,1-3H3,(H,26,27). The van der Waals surface area contributed by atoms with Crippen LogP contribution in [-0.4, -0.2) is 40.0 Å². The maximum absolute atomic E-state index is 13.4. The molecule has 2 aromatic rings. The molecule has 30 heavy (non-hydrogen) atoms. The third-order valence-corrected chi connectivity index (χ3v) is 8.03. The summed E-state index contributed by atoms with van der Waals surface area (Å²) in [5.41, 5.74) is 1.67. The van der Waals surface area contributed by atoms with Crippen molar-refractivity contribution in [2.75, 3.05) is 7.11 Å². The molecule has 2 saturated heterocycles. The average molecular weight is 427 g/mol. The zero-order valence-electron chi connectivity index (χ0n) is 17.7. The van der Waals surface area contributed by atoms with Crippen molar-refractivity contribution in [3.05, 3.63) is 23.0 Å². The van der Waals surface area contributed by atoms with E-state index in [1.54, 1.807) is 13.3 Å². The molecule has 4 heterocycles. The molecule has 3 atom stereocenters. The lowest BCUT2D eigenvalue weighted by molar-refractivity contribution is -0.163. The van der Waals surface area contributed by atoms with Crippen molar-refractivity contribution in [1.82, 2.24) is 14.9 Å². The van der Waals surface area contributed by atoms with Gasteiger partial charge in [0, 0.05) is 30.1 Å². The minimum absolute atomic E-state index is 0.00430. The van der Waals surface area contributed by atoms with Gasteiger partial charge in [-0.05, 0) is 49.0 Å². The summed E-state index contributed by atoms with van der Waals surface area (Å²) >= 11 is 6.55. The number of nitrogens with one attached hydrogen (secondary N) is 1. The molecule has 1 amide bonds. The minimum atomic E-state index is -0.227. The van der Waals surface area contributed by atoms with E-state index in [0.29, 0.717) is 22.8 Å². The number of hydrogen-bond acceptors (Lipinski definition) is 4. The number of carbonyl (C=O) groups is 1. The summed E-state index contributed by atoms with van der Waals surface area (Å²) in [5.74, 6) is 0.716. The van der Waals surface area contributed by atoms with E-state index in [0.717, 1.165) is 43.1 Å². The van der Waals surface area contributed by atoms with Crippen LogP contribution in [0.1, 0.15) is 63.9 Å². The quantitative estimate of drug-likeness (QED) is 0.761. The lowest BCUT2D eigenvalue weighted by Gasteiger charge is -2.63. The Balaban J connectivity index is 1.39. The molecule has 6 rings (SSSR count). The van der Waals surface area contributed by atoms with E-state index in [-0.39, 0.29) is 34.7 Å². The fourth-order valence-electron chi connectivity index (χ4n) is 6.76. The number of rotatable bonds is 4. The molecule has 0 aromatic carbocycles. The number of carbonyl (C=O) groups excluding carboxylic acids is 1. The normalized spacial score (nSPS) is 33.0. The molecule has 4 fully saturated rings. The number of ether oxygens (including phenoxy) is 1. The number of methoxy groups -OCH3 is 1. The first-order valence-corrected chi connectivity index (χ1v) is 11.1. The van der Waals surface area contributed by atoms with Gasteiger partial charge in [0.05, 0.1) is 29.8 Å². The van der Waals surface area contributed by atoms with Gasteiger partial charge in [0.2, 0.25) is 5.91 Å². The number of H-pyrrole nitrogens is 1. The molecule has 158 valence electrons. The fraction of sp³-hybridized carbons (Fsp3) is 0.609. The second kappa shape index (κ2) is 6.62. The maximum atomic E-state index is 13.4. The van der Waals surface area contributed by atoms with Crippen LogP contribution in [0, 0.1) is 22.2 Å². The van der Waals surface area contributed by atoms with Crippen molar-refractivity contribution in [1.29, 1.82) is 5.26 Å². The predicted molar refractivity (Wildman–Crippen MR) is 114 cm³/mol. The predicted octanol–water partition coefficient (Wildman–Crippen LogP) is 4.79. The first kappa shape index (κ1) is 19.7. The van der Waals surface area contributed by atoms with Crippen LogP contribution in [0.5, 0.6) is 5.75 Å². The smallest absolute Gasteiger partial charge is 0.223 e. The van der Waals surface area contributed by atoms with Gasteiger partial charge in [0.1, 0.15) is 5.65 Å². The molecule has 2 aromatic heterocycles. The summed E-state index contributed by atoms with van der Waals surface area (Å²) in [5, 5.41) is 11.2. The summed E-state index contributed by atoms with van der Waals surface area (Å²) < 4.78 is 5.32. The van der Waals surface area contributed by atoms with Crippen molar-refractivity contribution in [2.24, 2.45) is 10.8 Å². The van der Waals surface area contributed by atoms with Crippen molar-refractivity contribution in [3.8, 4) is 11.8 Å². The maximum Gasteiger partial charge on any atom is 0.223 e. The highest BCUT2D eigenvalue weighted by Crippen LogP contribution is 2.61. The minimum Gasteiger partial charge on any atom is -0.494 e. The Morgan fingerprint density at radius 1 is 1.43 bits per heavy atom. The fourth-order valence-corrected chi connectivity index (χ4v) is 7.08. The molecular weight excluding hydrogens is 400 g/mol. The summed E-state index contributed by atoms with van der Waals surface area (Å²) in [4.78, 5) is 23.1. The van der Waals surface area contributed by atoms with Crippen molar-refractivity contribution >= 4 is 28.5 Å². The number of pyridine rings is 1. The largest absolute Gasteiger partial charge is 0.494 e. The molecule has 6 nitrogen and oxygen atoms in total. The summed E-state index contributed by atoms with van der Waals surface area (Å²) in [6, 6.07) is 3.02. The van der Waals surface area contributed by atoms with Gasteiger partial charge in [-0.3, -0.25) is 4.79 Å². The van der Waals surface area contributed by atoms with E-state index in [1.165, 1.54) is 0 Å². The Morgan fingerprint density at radius 2 is 2.13 bits per heavy atom. The Bertz CT molecular complexity index is 1060. The third-order valence-electron chi connectivity index (χ3n) is 7.65. The van der Waals surface area contributed by atoms with Crippen molar-refractivity contribution < 1.29 is 9.53 Å². The zero-order chi connectivity index (χ0) is 21.3. The number of aromatic nitrogens is 2. The molecule has 1 N–H and O–H groups in total. The SMILES string of the molecule is COc1cnc2[nH]cc(C(C)CC(=O)N3C4CC5(C)CC3CC(C#N)(C4)C5)c2c1Cl. The van der Waals surface area contributed by atoms with Gasteiger partial charge in [-0.15, -0.1) is 0 Å². The number of nitrogens with zero attached hydrogens (tertiary/aromatic N) is 3. The summed E-state index contributed by atoms with van der Waals surface area (Å²) in [6.45, 7) is 4.36. The number of amides is 1. The molecule has 2 aliphatic carbocycles. The second-order valence-electron chi connectivity index (χ2n) is 10.0. The number of hydrogen-bond donors (Lipinski definition) is 1. The van der Waals surface area contributed by atoms with Gasteiger partial charge in [-0.2, -0.15) is 5.26 Å². The molecule has 0 radical (unpaired) electrons. The average Bonchev–Trinajstić information content (AvgIpc) is 3.12. The van der Waals surface area contributed by atoms with Crippen LogP contribution in [0.2, 0.25) is 5.02 Å². The van der Waals surface area contributed by atoms with E-state index >= 15 is 0 Å². The second-order valence-corrected chi connectivity index (χ2v) is 10.4. The van der Waals surface area contributed by atoms with Crippen molar-refractivity contribution in [3.63, 3.8) is 0 Å². The molecule has 4 aliphatic rings. The summed E-state index contributed by atoms with van der Waals surface area (Å²) in [6.07, 6.45) is 8.62. The lowest BCUT2D eigenvalue weighted by atomic mass is 9.50. The zero-order valence-corrected chi connectivity index (χ0v) is 18.4. The van der Waals surface area contributed by atoms with Crippen LogP contribution in [0.25, 0.3) is 11.0 Å². The molecule has 0 spiro atoms. The molecule has 3 unspecified atom stereocenters. The van der Waals surface area contributed by atoms with Gasteiger partial charge in [0.25, 0.3) is 0 Å². The van der Waals surface area contributed by atoms with E-state index in [4.69, 9.17) is 16.3 Å². The number of fused-ring (bicyclic) bond motifs is 1. The van der Waals surface area contributed by atoms with Gasteiger partial charge in [0.15, 0.2) is 5.75 Å². The van der Waals surface area contributed by atoms with Gasteiger partial charge in [-0.25, -0.2) is 4.98 Å². The Hall–Kier alpha value is -2.26. The third kappa shape index (κ3) is 2.82. The monoisotopic (exact) mass is 426 g/mol. The van der Waals surface area contributed by atoms with Gasteiger partial charge in [-0.1, -0.05) is 25.4 Å². The highest BCUT2D eigenvalue weighted by molar-refractivity contribution is 6.37. The van der Waals surface area contributed by atoms with Crippen LogP contribution in [0.3, 0.4) is 0 Å². The van der Waals surface area contributed by atoms with Crippen LogP contribution in [0.4, 0.5) is 0 Å². The molecule has 2 aliphatic heterocycles. The van der Waals surface area contributed by atoms with E-state index in [2.05, 4.69) is 34.8 Å². The van der Waals surface area contributed by atoms with Crippen molar-refractivity contribution in [2.45, 2.75) is 70.4 Å². The van der Waals surface area contributed by atoms with E-state index in [9.17, 15) is 10.1 Å². The molecule has 4 bridgehead atoms. The Kier molecular flexibility index (Phi) is 4.34.